The molecule has 0 fully saturated rings. The summed E-state index contributed by atoms with van der Waals surface area (Å²) >= 11 is 0. The van der Waals surface area contributed by atoms with E-state index in [2.05, 4.69) is 44.0 Å². The van der Waals surface area contributed by atoms with Crippen molar-refractivity contribution in [2.75, 3.05) is 16.8 Å². The Morgan fingerprint density at radius 2 is 1.56 bits per heavy atom. The molecular weight excluding hydrogens is 402 g/mol. The standard InChI is InChI=1S/C26H35N3O3/c1-17(2)28(18(3)4)16-25(30)29-23-10-8-7-9-20(23)11-12-21-13-14-22(15-24(21)29)27-26(31)32-19(5)6/h7-10,13-15,17-19H,11-12,16H2,1-6H3,(H,27,31). The van der Waals surface area contributed by atoms with Gasteiger partial charge >= 0.3 is 6.09 Å². The third-order valence-corrected chi connectivity index (χ3v) is 5.71. The highest BCUT2D eigenvalue weighted by atomic mass is 16.6. The molecule has 0 aromatic heterocycles. The molecule has 0 atom stereocenters. The maximum Gasteiger partial charge on any atom is 0.411 e. The Balaban J connectivity index is 2.02. The molecule has 6 nitrogen and oxygen atoms in total. The Morgan fingerprint density at radius 3 is 2.19 bits per heavy atom. The summed E-state index contributed by atoms with van der Waals surface area (Å²) in [6.07, 6.45) is 0.967. The number of para-hydroxylation sites is 1. The number of nitrogens with one attached hydrogen (secondary N) is 1. The number of nitrogens with zero attached hydrogens (tertiary/aromatic N) is 2. The minimum Gasteiger partial charge on any atom is -0.447 e. The van der Waals surface area contributed by atoms with Crippen molar-refractivity contribution in [2.45, 2.75) is 72.6 Å². The van der Waals surface area contributed by atoms with Gasteiger partial charge in [-0.3, -0.25) is 19.9 Å². The van der Waals surface area contributed by atoms with Gasteiger partial charge in [-0.05, 0) is 83.7 Å². The molecule has 0 bridgehead atoms. The van der Waals surface area contributed by atoms with Crippen molar-refractivity contribution in [3.05, 3.63) is 53.6 Å². The number of anilines is 3. The van der Waals surface area contributed by atoms with Crippen molar-refractivity contribution in [2.24, 2.45) is 0 Å². The van der Waals surface area contributed by atoms with Crippen LogP contribution in [0.2, 0.25) is 0 Å². The van der Waals surface area contributed by atoms with Crippen LogP contribution in [0.25, 0.3) is 0 Å². The van der Waals surface area contributed by atoms with Crippen LogP contribution in [0.15, 0.2) is 42.5 Å². The molecule has 32 heavy (non-hydrogen) atoms. The summed E-state index contributed by atoms with van der Waals surface area (Å²) in [6, 6.07) is 14.3. The normalized spacial score (nSPS) is 13.2. The zero-order chi connectivity index (χ0) is 23.4. The summed E-state index contributed by atoms with van der Waals surface area (Å²) < 4.78 is 5.22. The minimum absolute atomic E-state index is 0.0184. The van der Waals surface area contributed by atoms with Crippen LogP contribution >= 0.6 is 0 Å². The molecule has 0 radical (unpaired) electrons. The Hall–Kier alpha value is -2.86. The second-order valence-corrected chi connectivity index (χ2v) is 9.14. The van der Waals surface area contributed by atoms with Gasteiger partial charge < -0.3 is 4.74 Å². The van der Waals surface area contributed by atoms with E-state index in [0.29, 0.717) is 12.2 Å². The summed E-state index contributed by atoms with van der Waals surface area (Å²) in [7, 11) is 0. The van der Waals surface area contributed by atoms with Gasteiger partial charge in [0.1, 0.15) is 0 Å². The molecule has 0 aliphatic carbocycles. The van der Waals surface area contributed by atoms with Crippen LogP contribution in [0.5, 0.6) is 0 Å². The fourth-order valence-corrected chi connectivity index (χ4v) is 4.22. The Labute approximate surface area is 191 Å². The zero-order valence-electron chi connectivity index (χ0n) is 20.0. The maximum atomic E-state index is 13.7. The number of carbonyl (C=O) groups excluding carboxylic acids is 2. The van der Waals surface area contributed by atoms with Crippen LogP contribution < -0.4 is 10.2 Å². The van der Waals surface area contributed by atoms with Crippen molar-refractivity contribution >= 4 is 29.1 Å². The van der Waals surface area contributed by atoms with E-state index < -0.39 is 6.09 Å². The third kappa shape index (κ3) is 5.49. The maximum absolute atomic E-state index is 13.7. The van der Waals surface area contributed by atoms with Gasteiger partial charge in [0.2, 0.25) is 5.91 Å². The third-order valence-electron chi connectivity index (χ3n) is 5.71. The van der Waals surface area contributed by atoms with Gasteiger partial charge in [-0.1, -0.05) is 24.3 Å². The lowest BCUT2D eigenvalue weighted by molar-refractivity contribution is -0.120. The van der Waals surface area contributed by atoms with E-state index in [9.17, 15) is 9.59 Å². The topological polar surface area (TPSA) is 61.9 Å². The monoisotopic (exact) mass is 437 g/mol. The van der Waals surface area contributed by atoms with Crippen LogP contribution in [0, 0.1) is 0 Å². The van der Waals surface area contributed by atoms with E-state index >= 15 is 0 Å². The molecule has 1 N–H and O–H groups in total. The van der Waals surface area contributed by atoms with Crippen LogP contribution in [-0.4, -0.2) is 41.6 Å². The van der Waals surface area contributed by atoms with Gasteiger partial charge in [0, 0.05) is 17.8 Å². The Morgan fingerprint density at radius 1 is 0.938 bits per heavy atom. The predicted octanol–water partition coefficient (Wildman–Crippen LogP) is 5.53. The average Bonchev–Trinajstić information content (AvgIpc) is 2.87. The number of rotatable bonds is 6. The van der Waals surface area contributed by atoms with Gasteiger partial charge in [-0.25, -0.2) is 4.79 Å². The van der Waals surface area contributed by atoms with Crippen LogP contribution in [-0.2, 0) is 22.4 Å². The molecule has 0 unspecified atom stereocenters. The van der Waals surface area contributed by atoms with E-state index in [1.165, 1.54) is 0 Å². The highest BCUT2D eigenvalue weighted by Crippen LogP contribution is 2.38. The highest BCUT2D eigenvalue weighted by molar-refractivity contribution is 6.04. The molecule has 2 aromatic carbocycles. The van der Waals surface area contributed by atoms with Crippen molar-refractivity contribution in [3.8, 4) is 0 Å². The number of amides is 2. The molecule has 6 heteroatoms. The van der Waals surface area contributed by atoms with Crippen LogP contribution in [0.1, 0.15) is 52.7 Å². The fourth-order valence-electron chi connectivity index (χ4n) is 4.22. The quantitative estimate of drug-likeness (QED) is 0.646. The molecule has 0 saturated carbocycles. The molecule has 2 amide bonds. The fraction of sp³-hybridized carbons (Fsp3) is 0.462. The molecule has 1 aliphatic rings. The summed E-state index contributed by atoms with van der Waals surface area (Å²) in [4.78, 5) is 29.9. The first kappa shape index (κ1) is 23.8. The lowest BCUT2D eigenvalue weighted by atomic mass is 10.0. The minimum atomic E-state index is -0.502. The average molecular weight is 438 g/mol. The van der Waals surface area contributed by atoms with E-state index in [1.54, 1.807) is 0 Å². The highest BCUT2D eigenvalue weighted by Gasteiger charge is 2.28. The summed E-state index contributed by atoms with van der Waals surface area (Å²) in [5.74, 6) is 0.0184. The number of fused-ring (bicyclic) bond motifs is 2. The number of hydrogen-bond acceptors (Lipinski definition) is 4. The smallest absolute Gasteiger partial charge is 0.411 e. The van der Waals surface area contributed by atoms with Gasteiger partial charge in [-0.2, -0.15) is 0 Å². The van der Waals surface area contributed by atoms with E-state index in [4.69, 9.17) is 4.74 Å². The number of hydrogen-bond donors (Lipinski definition) is 1. The first-order valence-corrected chi connectivity index (χ1v) is 11.4. The SMILES string of the molecule is CC(C)OC(=O)Nc1ccc2c(c1)N(C(=O)CN(C(C)C)C(C)C)c1ccccc1CC2. The lowest BCUT2D eigenvalue weighted by Crippen LogP contribution is -2.45. The summed E-state index contributed by atoms with van der Waals surface area (Å²) in [5.41, 5.74) is 4.56. The summed E-state index contributed by atoms with van der Waals surface area (Å²) in [6.45, 7) is 12.4. The number of benzene rings is 2. The van der Waals surface area contributed by atoms with Gasteiger partial charge in [-0.15, -0.1) is 0 Å². The number of ether oxygens (including phenoxy) is 1. The van der Waals surface area contributed by atoms with E-state index in [1.807, 2.05) is 55.1 Å². The molecule has 0 saturated heterocycles. The zero-order valence-corrected chi connectivity index (χ0v) is 20.0. The van der Waals surface area contributed by atoms with Gasteiger partial charge in [0.15, 0.2) is 0 Å². The van der Waals surface area contributed by atoms with Crippen molar-refractivity contribution < 1.29 is 14.3 Å². The lowest BCUT2D eigenvalue weighted by Gasteiger charge is -2.33. The first-order valence-electron chi connectivity index (χ1n) is 11.4. The number of aryl methyl sites for hydroxylation is 2. The number of carbonyl (C=O) groups is 2. The largest absolute Gasteiger partial charge is 0.447 e. The van der Waals surface area contributed by atoms with Crippen LogP contribution in [0.4, 0.5) is 21.9 Å². The molecule has 172 valence electrons. The second-order valence-electron chi connectivity index (χ2n) is 9.14. The molecule has 2 aromatic rings. The van der Waals surface area contributed by atoms with E-state index in [-0.39, 0.29) is 24.1 Å². The Kier molecular flexibility index (Phi) is 7.56. The molecule has 1 heterocycles. The Bertz CT molecular complexity index is 961. The summed E-state index contributed by atoms with van der Waals surface area (Å²) in [5, 5.41) is 2.79. The molecule has 1 aliphatic heterocycles. The molecule has 3 rings (SSSR count). The molecule has 0 spiro atoms. The van der Waals surface area contributed by atoms with Crippen molar-refractivity contribution in [1.82, 2.24) is 4.90 Å². The van der Waals surface area contributed by atoms with Crippen molar-refractivity contribution in [3.63, 3.8) is 0 Å². The molecular formula is C26H35N3O3. The first-order chi connectivity index (χ1) is 15.2. The van der Waals surface area contributed by atoms with Gasteiger partial charge in [0.25, 0.3) is 0 Å². The van der Waals surface area contributed by atoms with Crippen molar-refractivity contribution in [1.29, 1.82) is 0 Å². The van der Waals surface area contributed by atoms with Crippen LogP contribution in [0.3, 0.4) is 0 Å². The second kappa shape index (κ2) is 10.2. The van der Waals surface area contributed by atoms with Gasteiger partial charge in [0.05, 0.1) is 24.0 Å². The predicted molar refractivity (Wildman–Crippen MR) is 130 cm³/mol. The van der Waals surface area contributed by atoms with E-state index in [0.717, 1.165) is 35.3 Å².